The first-order chi connectivity index (χ1) is 29.5. The van der Waals surface area contributed by atoms with E-state index in [2.05, 4.69) is 184 Å². The molecule has 0 spiro atoms. The maximum atomic E-state index is 2.54. The Bertz CT molecular complexity index is 4040. The van der Waals surface area contributed by atoms with Gasteiger partial charge < -0.3 is 0 Å². The average Bonchev–Trinajstić information content (AvgIpc) is 4.04. The number of rotatable bonds is 3. The lowest BCUT2D eigenvalue weighted by molar-refractivity contribution is 0.663. The minimum Gasteiger partial charge on any atom is -0.135 e. The smallest absolute Gasteiger partial charge is 0.0433 e. The highest BCUT2D eigenvalue weighted by Gasteiger charge is 2.36. The van der Waals surface area contributed by atoms with Gasteiger partial charge in [-0.15, -0.1) is 34.0 Å². The van der Waals surface area contributed by atoms with Crippen molar-refractivity contribution in [2.45, 2.75) is 19.3 Å². The molecule has 3 aromatic heterocycles. The van der Waals surface area contributed by atoms with Crippen molar-refractivity contribution in [3.8, 4) is 33.4 Å². The summed E-state index contributed by atoms with van der Waals surface area (Å²) in [6.07, 6.45) is 0. The molecule has 0 N–H and O–H groups in total. The minimum atomic E-state index is -0.212. The van der Waals surface area contributed by atoms with Gasteiger partial charge in [-0.1, -0.05) is 135 Å². The van der Waals surface area contributed by atoms with Gasteiger partial charge in [-0.3, -0.25) is 0 Å². The second-order valence-corrected chi connectivity index (χ2v) is 20.3. The van der Waals surface area contributed by atoms with E-state index in [9.17, 15) is 0 Å². The first-order valence-electron chi connectivity index (χ1n) is 20.7. The predicted molar refractivity (Wildman–Crippen MR) is 266 cm³/mol. The number of benzene rings is 10. The SMILES string of the molecule is CC1(C)c2cc(-c3cccc4c3sc3ccccc34)cc3c4ccc(-c5cccc6c5sc5ccccc56)cc4c4cc(-c5cccc6c5sc5ccccc56)cc1c4c23. The van der Waals surface area contributed by atoms with Crippen molar-refractivity contribution in [2.24, 2.45) is 0 Å². The van der Waals surface area contributed by atoms with E-state index in [0.717, 1.165) is 0 Å². The van der Waals surface area contributed by atoms with Crippen LogP contribution < -0.4 is 0 Å². The fourth-order valence-corrected chi connectivity index (χ4v) is 14.5. The third kappa shape index (κ3) is 4.39. The molecule has 0 saturated carbocycles. The number of hydrogen-bond donors (Lipinski definition) is 0. The molecule has 13 aromatic rings. The Kier molecular flexibility index (Phi) is 6.63. The zero-order valence-electron chi connectivity index (χ0n) is 32.9. The summed E-state index contributed by atoms with van der Waals surface area (Å²) in [6, 6.07) is 64.7. The van der Waals surface area contributed by atoms with E-state index < -0.39 is 0 Å². The molecule has 0 radical (unpaired) electrons. The van der Waals surface area contributed by atoms with E-state index in [1.54, 1.807) is 0 Å². The van der Waals surface area contributed by atoms with Crippen LogP contribution in [0.3, 0.4) is 0 Å². The second-order valence-electron chi connectivity index (χ2n) is 17.1. The van der Waals surface area contributed by atoms with Gasteiger partial charge in [0.2, 0.25) is 0 Å². The Morgan fingerprint density at radius 2 is 0.683 bits per heavy atom. The Hall–Kier alpha value is -6.36. The van der Waals surface area contributed by atoms with Crippen LogP contribution >= 0.6 is 34.0 Å². The maximum absolute atomic E-state index is 2.54. The van der Waals surface area contributed by atoms with Crippen molar-refractivity contribution in [1.82, 2.24) is 0 Å². The van der Waals surface area contributed by atoms with Crippen LogP contribution in [0.15, 0.2) is 170 Å². The molecule has 1 aliphatic carbocycles. The summed E-state index contributed by atoms with van der Waals surface area (Å²) in [5.74, 6) is 0. The summed E-state index contributed by atoms with van der Waals surface area (Å²) in [5.41, 5.74) is 10.4. The van der Waals surface area contributed by atoms with Crippen molar-refractivity contribution in [2.75, 3.05) is 0 Å². The van der Waals surface area contributed by atoms with Crippen LogP contribution in [0.25, 0.3) is 126 Å². The predicted octanol–water partition coefficient (Wildman–Crippen LogP) is 17.9. The molecule has 1 aliphatic rings. The van der Waals surface area contributed by atoms with E-state index in [1.807, 2.05) is 34.0 Å². The largest absolute Gasteiger partial charge is 0.135 e. The Labute approximate surface area is 358 Å². The fraction of sp³-hybridized carbons (Fsp3) is 0.0526. The number of thiophene rings is 3. The van der Waals surface area contributed by atoms with Gasteiger partial charge in [0.25, 0.3) is 0 Å². The molecule has 0 unspecified atom stereocenters. The molecule has 0 bridgehead atoms. The standard InChI is InChI=1S/C57H34S3/c1-57(2)47-29-32(35-16-10-19-42-39-13-4-7-22-50(39)59-55(35)42)27-45-37-25-24-31(34-15-9-18-41-38-12-3-6-21-49(38)58-54(34)41)26-44(37)46-28-33(30-48(57)53(46)52(45)47)36-17-11-20-43-40-14-5-8-23-51(40)60-56(36)43/h3-30H,1-2H3. The van der Waals surface area contributed by atoms with Gasteiger partial charge in [0.05, 0.1) is 0 Å². The molecule has 0 atom stereocenters. The average molecular weight is 815 g/mol. The van der Waals surface area contributed by atoms with Gasteiger partial charge in [0.1, 0.15) is 0 Å². The summed E-state index contributed by atoms with van der Waals surface area (Å²) in [6.45, 7) is 4.92. The monoisotopic (exact) mass is 814 g/mol. The van der Waals surface area contributed by atoms with Crippen molar-refractivity contribution in [1.29, 1.82) is 0 Å². The molecular weight excluding hydrogens is 781 g/mol. The van der Waals surface area contributed by atoms with Crippen LogP contribution in [0.1, 0.15) is 25.0 Å². The third-order valence-electron chi connectivity index (χ3n) is 13.6. The van der Waals surface area contributed by atoms with Gasteiger partial charge in [-0.05, 0) is 125 Å². The van der Waals surface area contributed by atoms with E-state index in [-0.39, 0.29) is 5.41 Å². The zero-order valence-corrected chi connectivity index (χ0v) is 35.3. The van der Waals surface area contributed by atoms with Crippen LogP contribution in [0.5, 0.6) is 0 Å². The van der Waals surface area contributed by atoms with Crippen LogP contribution in [0, 0.1) is 0 Å². The lowest BCUT2D eigenvalue weighted by atomic mass is 9.80. The van der Waals surface area contributed by atoms with Gasteiger partial charge >= 0.3 is 0 Å². The lowest BCUT2D eigenvalue weighted by Crippen LogP contribution is -2.15. The molecule has 60 heavy (non-hydrogen) atoms. The highest BCUT2D eigenvalue weighted by Crippen LogP contribution is 2.55. The maximum Gasteiger partial charge on any atom is 0.0433 e. The summed E-state index contributed by atoms with van der Waals surface area (Å²) in [5, 5.41) is 16.2. The lowest BCUT2D eigenvalue weighted by Gasteiger charge is -2.23. The van der Waals surface area contributed by atoms with Crippen molar-refractivity contribution < 1.29 is 0 Å². The molecule has 0 aliphatic heterocycles. The number of hydrogen-bond acceptors (Lipinski definition) is 3. The highest BCUT2D eigenvalue weighted by atomic mass is 32.1. The van der Waals surface area contributed by atoms with Crippen molar-refractivity contribution >= 4 is 127 Å². The number of fused-ring (bicyclic) bond motifs is 12. The molecule has 0 fully saturated rings. The highest BCUT2D eigenvalue weighted by molar-refractivity contribution is 7.27. The summed E-state index contributed by atoms with van der Waals surface area (Å²) in [4.78, 5) is 0. The van der Waals surface area contributed by atoms with Gasteiger partial charge in [-0.2, -0.15) is 0 Å². The molecule has 0 nitrogen and oxygen atoms in total. The van der Waals surface area contributed by atoms with E-state index in [1.165, 1.54) is 137 Å². The quantitative estimate of drug-likeness (QED) is 0.156. The van der Waals surface area contributed by atoms with Gasteiger partial charge in [0, 0.05) is 65.9 Å². The molecule has 0 amide bonds. The summed E-state index contributed by atoms with van der Waals surface area (Å²) < 4.78 is 8.09. The molecule has 10 aromatic carbocycles. The first-order valence-corrected chi connectivity index (χ1v) is 23.2. The van der Waals surface area contributed by atoms with Crippen LogP contribution in [0.2, 0.25) is 0 Å². The Balaban J connectivity index is 1.10. The van der Waals surface area contributed by atoms with E-state index >= 15 is 0 Å². The molecule has 280 valence electrons. The van der Waals surface area contributed by atoms with E-state index in [0.29, 0.717) is 0 Å². The Morgan fingerprint density at radius 3 is 1.15 bits per heavy atom. The fourth-order valence-electron chi connectivity index (χ4n) is 10.8. The zero-order chi connectivity index (χ0) is 39.4. The van der Waals surface area contributed by atoms with Crippen LogP contribution in [0.4, 0.5) is 0 Å². The normalized spacial score (nSPS) is 13.6. The molecule has 14 rings (SSSR count). The van der Waals surface area contributed by atoms with Crippen LogP contribution in [-0.2, 0) is 5.41 Å². The van der Waals surface area contributed by atoms with Crippen LogP contribution in [-0.4, -0.2) is 0 Å². The Morgan fingerprint density at radius 1 is 0.300 bits per heavy atom. The second kappa shape index (κ2) is 11.9. The summed E-state index contributed by atoms with van der Waals surface area (Å²) >= 11 is 5.75. The van der Waals surface area contributed by atoms with Gasteiger partial charge in [-0.25, -0.2) is 0 Å². The molecular formula is C57H34S3. The molecule has 3 heterocycles. The van der Waals surface area contributed by atoms with Gasteiger partial charge in [0.15, 0.2) is 0 Å². The van der Waals surface area contributed by atoms with Crippen molar-refractivity contribution in [3.63, 3.8) is 0 Å². The topological polar surface area (TPSA) is 0 Å². The van der Waals surface area contributed by atoms with E-state index in [4.69, 9.17) is 0 Å². The minimum absolute atomic E-state index is 0.212. The third-order valence-corrected chi connectivity index (χ3v) is 17.3. The first kappa shape index (κ1) is 33.5. The summed E-state index contributed by atoms with van der Waals surface area (Å²) in [7, 11) is 0. The van der Waals surface area contributed by atoms with Crippen molar-refractivity contribution in [3.05, 3.63) is 181 Å². The molecule has 3 heteroatoms. The molecule has 0 saturated heterocycles.